The first kappa shape index (κ1) is 20.7. The first-order valence-electron chi connectivity index (χ1n) is 9.94. The fourth-order valence-electron chi connectivity index (χ4n) is 3.65. The van der Waals surface area contributed by atoms with Crippen molar-refractivity contribution >= 4 is 23.2 Å². The van der Waals surface area contributed by atoms with Crippen molar-refractivity contribution in [3.8, 4) is 5.75 Å². The minimum atomic E-state index is -0.680. The molecule has 1 aliphatic heterocycles. The largest absolute Gasteiger partial charge is 0.493 e. The number of ether oxygens (including phenoxy) is 2. The Hall–Kier alpha value is -2.04. The molecule has 1 aliphatic rings. The lowest BCUT2D eigenvalue weighted by Gasteiger charge is -2.36. The van der Waals surface area contributed by atoms with E-state index < -0.39 is 5.41 Å². The maximum atomic E-state index is 13.4. The summed E-state index contributed by atoms with van der Waals surface area (Å²) in [6, 6.07) is 13.4. The van der Waals surface area contributed by atoms with Crippen LogP contribution in [0.1, 0.15) is 43.7 Å². The maximum Gasteiger partial charge on any atom is 0.235 e. The number of aryl methyl sites for hydroxylation is 1. The molecule has 0 aliphatic carbocycles. The van der Waals surface area contributed by atoms with Gasteiger partial charge < -0.3 is 14.8 Å². The summed E-state index contributed by atoms with van der Waals surface area (Å²) in [5.74, 6) is 0.821. The number of carbonyl (C=O) groups excluding carboxylic acids is 1. The van der Waals surface area contributed by atoms with Crippen molar-refractivity contribution in [3.05, 3.63) is 58.6 Å². The molecule has 1 fully saturated rings. The molecule has 2 aromatic carbocycles. The van der Waals surface area contributed by atoms with Crippen LogP contribution in [0.4, 0.5) is 5.69 Å². The highest BCUT2D eigenvalue weighted by Crippen LogP contribution is 2.39. The van der Waals surface area contributed by atoms with E-state index in [-0.39, 0.29) is 5.91 Å². The molecule has 150 valence electrons. The Labute approximate surface area is 172 Å². The predicted molar refractivity (Wildman–Crippen MR) is 113 cm³/mol. The van der Waals surface area contributed by atoms with Gasteiger partial charge in [-0.25, -0.2) is 0 Å². The first-order valence-corrected chi connectivity index (χ1v) is 10.3. The van der Waals surface area contributed by atoms with Crippen LogP contribution < -0.4 is 10.1 Å². The van der Waals surface area contributed by atoms with Crippen LogP contribution in [0.3, 0.4) is 0 Å². The summed E-state index contributed by atoms with van der Waals surface area (Å²) in [7, 11) is 0. The van der Waals surface area contributed by atoms with Crippen LogP contribution >= 0.6 is 11.6 Å². The maximum absolute atomic E-state index is 13.4. The average molecular weight is 402 g/mol. The van der Waals surface area contributed by atoms with E-state index >= 15 is 0 Å². The van der Waals surface area contributed by atoms with E-state index in [4.69, 9.17) is 21.1 Å². The number of hydrogen-bond acceptors (Lipinski definition) is 3. The molecule has 0 spiro atoms. The van der Waals surface area contributed by atoms with Gasteiger partial charge in [0.2, 0.25) is 5.91 Å². The second kappa shape index (κ2) is 9.44. The van der Waals surface area contributed by atoms with E-state index in [1.165, 1.54) is 0 Å². The highest BCUT2D eigenvalue weighted by atomic mass is 35.5. The van der Waals surface area contributed by atoms with Crippen molar-refractivity contribution < 1.29 is 14.3 Å². The highest BCUT2D eigenvalue weighted by molar-refractivity contribution is 6.31. The van der Waals surface area contributed by atoms with E-state index in [0.717, 1.165) is 35.4 Å². The Morgan fingerprint density at radius 1 is 1.21 bits per heavy atom. The fraction of sp³-hybridized carbons (Fsp3) is 0.435. The van der Waals surface area contributed by atoms with Crippen LogP contribution in [0, 0.1) is 6.92 Å². The summed E-state index contributed by atoms with van der Waals surface area (Å²) in [5, 5.41) is 3.73. The van der Waals surface area contributed by atoms with Crippen molar-refractivity contribution in [2.45, 2.75) is 44.9 Å². The Morgan fingerprint density at radius 3 is 2.64 bits per heavy atom. The van der Waals surface area contributed by atoms with Gasteiger partial charge in [0.05, 0.1) is 12.0 Å². The molecular formula is C23H28ClNO3. The van der Waals surface area contributed by atoms with Gasteiger partial charge in [-0.1, -0.05) is 43.1 Å². The number of rotatable bonds is 7. The number of hydrogen-bond donors (Lipinski definition) is 1. The molecule has 0 unspecified atom stereocenters. The molecule has 2 aromatic rings. The SMILES string of the molecule is CCCCOc1ccc(NC(=O)C2(c3ccccc3Cl)CCOCC2)cc1C. The van der Waals surface area contributed by atoms with Crippen LogP contribution in [-0.4, -0.2) is 25.7 Å². The van der Waals surface area contributed by atoms with Crippen molar-refractivity contribution in [2.75, 3.05) is 25.1 Å². The van der Waals surface area contributed by atoms with Gasteiger partial charge in [0.1, 0.15) is 5.75 Å². The molecule has 1 heterocycles. The van der Waals surface area contributed by atoms with Crippen molar-refractivity contribution in [3.63, 3.8) is 0 Å². The number of benzene rings is 2. The third-order valence-electron chi connectivity index (χ3n) is 5.36. The molecule has 5 heteroatoms. The Kier molecular flexibility index (Phi) is 6.97. The molecule has 4 nitrogen and oxygen atoms in total. The molecular weight excluding hydrogens is 374 g/mol. The summed E-state index contributed by atoms with van der Waals surface area (Å²) in [6.45, 7) is 5.93. The lowest BCUT2D eigenvalue weighted by atomic mass is 9.73. The van der Waals surface area contributed by atoms with Crippen LogP contribution in [-0.2, 0) is 14.9 Å². The molecule has 0 aromatic heterocycles. The number of carbonyl (C=O) groups is 1. The minimum absolute atomic E-state index is 0.0389. The second-order valence-corrected chi connectivity index (χ2v) is 7.72. The topological polar surface area (TPSA) is 47.6 Å². The zero-order valence-electron chi connectivity index (χ0n) is 16.6. The van der Waals surface area contributed by atoms with Gasteiger partial charge in [-0.15, -0.1) is 0 Å². The lowest BCUT2D eigenvalue weighted by Crippen LogP contribution is -2.45. The van der Waals surface area contributed by atoms with Crippen LogP contribution in [0.5, 0.6) is 5.75 Å². The summed E-state index contributed by atoms with van der Waals surface area (Å²) in [4.78, 5) is 13.4. The smallest absolute Gasteiger partial charge is 0.235 e. The fourth-order valence-corrected chi connectivity index (χ4v) is 3.97. The molecule has 1 saturated heterocycles. The molecule has 0 bridgehead atoms. The van der Waals surface area contributed by atoms with Gasteiger partial charge in [0.25, 0.3) is 0 Å². The molecule has 1 amide bonds. The zero-order valence-corrected chi connectivity index (χ0v) is 17.3. The van der Waals surface area contributed by atoms with Gasteiger partial charge in [0, 0.05) is 23.9 Å². The van der Waals surface area contributed by atoms with Crippen LogP contribution in [0.2, 0.25) is 5.02 Å². The average Bonchev–Trinajstić information content (AvgIpc) is 2.70. The summed E-state index contributed by atoms with van der Waals surface area (Å²) < 4.78 is 11.3. The summed E-state index contributed by atoms with van der Waals surface area (Å²) >= 11 is 6.46. The third-order valence-corrected chi connectivity index (χ3v) is 5.69. The molecule has 0 saturated carbocycles. The normalized spacial score (nSPS) is 15.8. The number of anilines is 1. The van der Waals surface area contributed by atoms with Gasteiger partial charge in [-0.05, 0) is 61.6 Å². The highest BCUT2D eigenvalue weighted by Gasteiger charge is 2.43. The van der Waals surface area contributed by atoms with E-state index in [1.807, 2.05) is 49.4 Å². The first-order chi connectivity index (χ1) is 13.6. The number of unbranched alkanes of at least 4 members (excludes halogenated alkanes) is 1. The zero-order chi connectivity index (χ0) is 20.0. The summed E-state index contributed by atoms with van der Waals surface area (Å²) in [5.41, 5.74) is 1.96. The van der Waals surface area contributed by atoms with Gasteiger partial charge in [0.15, 0.2) is 0 Å². The van der Waals surface area contributed by atoms with E-state index in [1.54, 1.807) is 0 Å². The molecule has 28 heavy (non-hydrogen) atoms. The van der Waals surface area contributed by atoms with E-state index in [2.05, 4.69) is 12.2 Å². The van der Waals surface area contributed by atoms with E-state index in [0.29, 0.717) is 37.7 Å². The lowest BCUT2D eigenvalue weighted by molar-refractivity contribution is -0.125. The predicted octanol–water partition coefficient (Wildman–Crippen LogP) is 5.51. The Morgan fingerprint density at radius 2 is 1.96 bits per heavy atom. The minimum Gasteiger partial charge on any atom is -0.493 e. The van der Waals surface area contributed by atoms with Gasteiger partial charge in [-0.2, -0.15) is 0 Å². The van der Waals surface area contributed by atoms with Crippen molar-refractivity contribution in [2.24, 2.45) is 0 Å². The van der Waals surface area contributed by atoms with Crippen molar-refractivity contribution in [1.82, 2.24) is 0 Å². The van der Waals surface area contributed by atoms with E-state index in [9.17, 15) is 4.79 Å². The Balaban J connectivity index is 1.81. The monoisotopic (exact) mass is 401 g/mol. The van der Waals surface area contributed by atoms with Crippen molar-refractivity contribution in [1.29, 1.82) is 0 Å². The quantitative estimate of drug-likeness (QED) is 0.622. The third kappa shape index (κ3) is 4.50. The standard InChI is InChI=1S/C23H28ClNO3/c1-3-4-13-28-21-10-9-18(16-17(21)2)25-22(26)23(11-14-27-15-12-23)19-7-5-6-8-20(19)24/h5-10,16H,3-4,11-15H2,1-2H3,(H,25,26). The number of nitrogens with one attached hydrogen (secondary N) is 1. The van der Waals surface area contributed by atoms with Gasteiger partial charge in [-0.3, -0.25) is 4.79 Å². The molecule has 0 radical (unpaired) electrons. The molecule has 1 N–H and O–H groups in total. The van der Waals surface area contributed by atoms with Crippen LogP contribution in [0.25, 0.3) is 0 Å². The van der Waals surface area contributed by atoms with Gasteiger partial charge >= 0.3 is 0 Å². The van der Waals surface area contributed by atoms with Crippen LogP contribution in [0.15, 0.2) is 42.5 Å². The molecule has 0 atom stereocenters. The molecule has 3 rings (SSSR count). The number of amides is 1. The second-order valence-electron chi connectivity index (χ2n) is 7.31. The Bertz CT molecular complexity index is 815. The summed E-state index contributed by atoms with van der Waals surface area (Å²) in [6.07, 6.45) is 3.35. The number of halogens is 1.